The van der Waals surface area contributed by atoms with Gasteiger partial charge in [0.25, 0.3) is 11.8 Å². The number of amides is 4. The fourth-order valence-corrected chi connectivity index (χ4v) is 10.8. The zero-order chi connectivity index (χ0) is 46.9. The third-order valence-electron chi connectivity index (χ3n) is 12.7. The molecule has 3 unspecified atom stereocenters. The minimum atomic E-state index is -3.71. The molecule has 4 aliphatic rings. The fraction of sp³-hybridized carbons (Fsp3) is 0.458. The SMILES string of the molecule is Cc1cnc(Nc2ccc(OCCN3CCC(CN4C(C)CN(c5ccc6c(c5)C(=O)N(C5CCC(=O)NC5=O)C6=O)CC4C)CC3)cc2)nc1Nc1cccc(S(=O)(=O)NC(C)(C)C)c1. The number of aryl methyl sites for hydroxylation is 1. The van der Waals surface area contributed by atoms with Gasteiger partial charge in [0.15, 0.2) is 0 Å². The maximum absolute atomic E-state index is 13.5. The van der Waals surface area contributed by atoms with Gasteiger partial charge in [-0.2, -0.15) is 4.98 Å². The molecule has 17 nitrogen and oxygen atoms in total. The van der Waals surface area contributed by atoms with Crippen molar-refractivity contribution in [2.75, 3.05) is 61.4 Å². The summed E-state index contributed by atoms with van der Waals surface area (Å²) in [6.07, 6.45) is 4.16. The highest BCUT2D eigenvalue weighted by Crippen LogP contribution is 2.33. The summed E-state index contributed by atoms with van der Waals surface area (Å²) in [4.78, 5) is 68.5. The van der Waals surface area contributed by atoms with E-state index in [1.807, 2.05) is 37.3 Å². The van der Waals surface area contributed by atoms with E-state index in [4.69, 9.17) is 4.74 Å². The Morgan fingerprint density at radius 1 is 0.848 bits per heavy atom. The predicted octanol–water partition coefficient (Wildman–Crippen LogP) is 5.44. The normalized spacial score (nSPS) is 21.2. The number of likely N-dealkylation sites (tertiary alicyclic amines) is 1. The number of piperazine rings is 1. The molecular weight excluding hydrogens is 861 g/mol. The lowest BCUT2D eigenvalue weighted by molar-refractivity contribution is -0.136. The quantitative estimate of drug-likeness (QED) is 0.117. The summed E-state index contributed by atoms with van der Waals surface area (Å²) in [6.45, 7) is 17.8. The average molecular weight is 921 g/mol. The smallest absolute Gasteiger partial charge is 0.262 e. The van der Waals surface area contributed by atoms with E-state index < -0.39 is 45.2 Å². The van der Waals surface area contributed by atoms with Crippen molar-refractivity contribution in [1.82, 2.24) is 34.7 Å². The standard InChI is InChI=1S/C48H60N10O7S/c1-30-26-49-47(53-43(30)50-35-8-7-9-38(24-35)66(63,64)54-48(4,5)6)51-34-10-13-37(14-11-34)65-23-22-55-20-18-33(19-21-55)29-57-31(2)27-56(28-32(57)3)36-12-15-39-40(25-36)46(62)58(45(39)61)41-16-17-42(59)52-44(41)60/h7-15,24-26,31-33,41,54H,16-23,27-29H2,1-6H3,(H,52,59,60)(H2,49,50,51,53). The van der Waals surface area contributed by atoms with Crippen molar-refractivity contribution in [2.24, 2.45) is 5.92 Å². The van der Waals surface area contributed by atoms with Gasteiger partial charge >= 0.3 is 0 Å². The number of imide groups is 2. The Hall–Kier alpha value is -5.95. The van der Waals surface area contributed by atoms with Crippen LogP contribution in [0.25, 0.3) is 0 Å². The number of carbonyl (C=O) groups excluding carboxylic acids is 4. The van der Waals surface area contributed by atoms with E-state index in [0.29, 0.717) is 41.1 Å². The molecule has 350 valence electrons. The average Bonchev–Trinajstić information content (AvgIpc) is 3.51. The van der Waals surface area contributed by atoms with Crippen LogP contribution >= 0.6 is 0 Å². The molecule has 4 amide bonds. The summed E-state index contributed by atoms with van der Waals surface area (Å²) in [5.41, 5.74) is 3.05. The van der Waals surface area contributed by atoms with Crippen LogP contribution in [-0.2, 0) is 19.6 Å². The molecule has 3 saturated heterocycles. The minimum absolute atomic E-state index is 0.0878. The summed E-state index contributed by atoms with van der Waals surface area (Å²) in [7, 11) is -3.71. The van der Waals surface area contributed by atoms with Crippen molar-refractivity contribution in [3.63, 3.8) is 0 Å². The number of benzene rings is 3. The van der Waals surface area contributed by atoms with Gasteiger partial charge in [-0.1, -0.05) is 6.07 Å². The molecule has 3 atom stereocenters. The van der Waals surface area contributed by atoms with Crippen molar-refractivity contribution in [3.8, 4) is 5.75 Å². The van der Waals surface area contributed by atoms with E-state index in [-0.39, 0.29) is 29.8 Å². The molecule has 0 spiro atoms. The Balaban J connectivity index is 0.766. The molecular formula is C48H60N10O7S. The molecule has 0 aliphatic carbocycles. The second-order valence-electron chi connectivity index (χ2n) is 19.0. The van der Waals surface area contributed by atoms with Gasteiger partial charge in [0.2, 0.25) is 27.8 Å². The Morgan fingerprint density at radius 2 is 1.56 bits per heavy atom. The molecule has 1 aromatic heterocycles. The highest BCUT2D eigenvalue weighted by atomic mass is 32.2. The zero-order valence-electron chi connectivity index (χ0n) is 38.5. The summed E-state index contributed by atoms with van der Waals surface area (Å²) in [6, 6.07) is 19.3. The summed E-state index contributed by atoms with van der Waals surface area (Å²) in [5.74, 6) is 0.327. The van der Waals surface area contributed by atoms with E-state index in [0.717, 1.165) is 79.7 Å². The Labute approximate surface area is 386 Å². The van der Waals surface area contributed by atoms with Crippen molar-refractivity contribution in [2.45, 2.75) is 95.8 Å². The van der Waals surface area contributed by atoms with Crippen LogP contribution in [0, 0.1) is 12.8 Å². The number of ether oxygens (including phenoxy) is 1. The van der Waals surface area contributed by atoms with E-state index in [1.54, 1.807) is 63.4 Å². The van der Waals surface area contributed by atoms with E-state index in [9.17, 15) is 27.6 Å². The van der Waals surface area contributed by atoms with Gasteiger partial charge in [-0.15, -0.1) is 0 Å². The lowest BCUT2D eigenvalue weighted by atomic mass is 9.94. The zero-order valence-corrected chi connectivity index (χ0v) is 39.3. The van der Waals surface area contributed by atoms with Gasteiger partial charge in [-0.05, 0) is 140 Å². The third-order valence-corrected chi connectivity index (χ3v) is 14.4. The van der Waals surface area contributed by atoms with Crippen LogP contribution in [0.3, 0.4) is 0 Å². The van der Waals surface area contributed by atoms with Crippen LogP contribution in [-0.4, -0.2) is 126 Å². The molecule has 0 saturated carbocycles. The van der Waals surface area contributed by atoms with Crippen molar-refractivity contribution in [3.05, 3.63) is 89.6 Å². The van der Waals surface area contributed by atoms with Gasteiger partial charge in [0.1, 0.15) is 24.2 Å². The maximum Gasteiger partial charge on any atom is 0.262 e. The maximum atomic E-state index is 13.5. The molecule has 8 rings (SSSR count). The van der Waals surface area contributed by atoms with Gasteiger partial charge in [-0.3, -0.25) is 39.2 Å². The van der Waals surface area contributed by atoms with Crippen molar-refractivity contribution < 1.29 is 32.3 Å². The van der Waals surface area contributed by atoms with Gasteiger partial charge in [-0.25, -0.2) is 18.1 Å². The molecule has 0 bridgehead atoms. The lowest BCUT2D eigenvalue weighted by Gasteiger charge is -2.47. The number of hydrogen-bond acceptors (Lipinski definition) is 14. The molecule has 4 aliphatic heterocycles. The number of sulfonamides is 1. The summed E-state index contributed by atoms with van der Waals surface area (Å²) >= 11 is 0. The summed E-state index contributed by atoms with van der Waals surface area (Å²) in [5, 5.41) is 8.74. The lowest BCUT2D eigenvalue weighted by Crippen LogP contribution is -2.58. The van der Waals surface area contributed by atoms with Gasteiger partial charge in [0, 0.05) is 79.0 Å². The molecule has 3 fully saturated rings. The first-order chi connectivity index (χ1) is 31.4. The van der Waals surface area contributed by atoms with Crippen LogP contribution in [0.5, 0.6) is 5.75 Å². The van der Waals surface area contributed by atoms with Crippen LogP contribution in [0.1, 0.15) is 86.6 Å². The number of carbonyl (C=O) groups is 4. The minimum Gasteiger partial charge on any atom is -0.492 e. The number of nitrogens with one attached hydrogen (secondary N) is 4. The van der Waals surface area contributed by atoms with Crippen LogP contribution < -0.4 is 30.3 Å². The number of nitrogens with zero attached hydrogens (tertiary/aromatic N) is 6. The predicted molar refractivity (Wildman–Crippen MR) is 252 cm³/mol. The molecule has 4 N–H and O–H groups in total. The van der Waals surface area contributed by atoms with E-state index in [2.05, 4.69) is 59.2 Å². The van der Waals surface area contributed by atoms with Crippen molar-refractivity contribution >= 4 is 62.5 Å². The molecule has 5 heterocycles. The Morgan fingerprint density at radius 3 is 2.26 bits per heavy atom. The highest BCUT2D eigenvalue weighted by Gasteiger charge is 2.45. The van der Waals surface area contributed by atoms with Crippen LogP contribution in [0.2, 0.25) is 0 Å². The highest BCUT2D eigenvalue weighted by molar-refractivity contribution is 7.89. The molecule has 66 heavy (non-hydrogen) atoms. The topological polar surface area (TPSA) is 199 Å². The first-order valence-corrected chi connectivity index (χ1v) is 24.2. The number of fused-ring (bicyclic) bond motifs is 1. The number of aromatic nitrogens is 2. The second kappa shape index (κ2) is 19.1. The van der Waals surface area contributed by atoms with Crippen LogP contribution in [0.15, 0.2) is 77.8 Å². The van der Waals surface area contributed by atoms with E-state index >= 15 is 0 Å². The largest absolute Gasteiger partial charge is 0.492 e. The second-order valence-corrected chi connectivity index (χ2v) is 20.7. The first-order valence-electron chi connectivity index (χ1n) is 22.7. The Kier molecular flexibility index (Phi) is 13.5. The molecule has 4 aromatic rings. The molecule has 3 aromatic carbocycles. The number of piperidine rings is 2. The monoisotopic (exact) mass is 920 g/mol. The van der Waals surface area contributed by atoms with Crippen molar-refractivity contribution in [1.29, 1.82) is 0 Å². The number of anilines is 5. The number of hydrogen-bond donors (Lipinski definition) is 4. The Bertz CT molecular complexity index is 2580. The molecule has 0 radical (unpaired) electrons. The summed E-state index contributed by atoms with van der Waals surface area (Å²) < 4.78 is 34.6. The third kappa shape index (κ3) is 10.7. The molecule has 18 heteroatoms. The first kappa shape index (κ1) is 46.6. The van der Waals surface area contributed by atoms with Crippen LogP contribution in [0.4, 0.5) is 28.8 Å². The van der Waals surface area contributed by atoms with E-state index in [1.165, 1.54) is 0 Å². The fourth-order valence-electron chi connectivity index (χ4n) is 9.30. The van der Waals surface area contributed by atoms with Gasteiger partial charge < -0.3 is 20.3 Å². The number of rotatable bonds is 14. The van der Waals surface area contributed by atoms with Gasteiger partial charge in [0.05, 0.1) is 16.0 Å².